The van der Waals surface area contributed by atoms with Gasteiger partial charge in [-0.05, 0) is 6.92 Å². The van der Waals surface area contributed by atoms with Crippen molar-refractivity contribution in [1.82, 2.24) is 0 Å². The van der Waals surface area contributed by atoms with Crippen LogP contribution in [0.2, 0.25) is 0 Å². The molecule has 15 heavy (non-hydrogen) atoms. The van der Waals surface area contributed by atoms with E-state index in [1.54, 1.807) is 0 Å². The van der Waals surface area contributed by atoms with Crippen LogP contribution in [0.1, 0.15) is 20.8 Å². The van der Waals surface area contributed by atoms with Gasteiger partial charge >= 0.3 is 0 Å². The standard InChI is InChI=1S/C12H20O3/c1-7-4-10-5-15-6-12(10,14)9(3)11(13)8(7)2/h4,8-11,13-14H,5-6H2,1-3H3/t8-,9-,10+,11-,12+/m1/s1. The molecule has 0 radical (unpaired) electrons. The lowest BCUT2D eigenvalue weighted by Gasteiger charge is -2.35. The SMILES string of the molecule is CC1=C[C@H]2COC[C@]2(O)[C@H](C)[C@H](O)[C@@H]1C. The molecule has 0 saturated carbocycles. The molecule has 1 aliphatic heterocycles. The summed E-state index contributed by atoms with van der Waals surface area (Å²) in [5.74, 6) is 0.00965. The van der Waals surface area contributed by atoms with Crippen molar-refractivity contribution in [1.29, 1.82) is 0 Å². The third-order valence-corrected chi connectivity index (χ3v) is 4.27. The third kappa shape index (κ3) is 1.53. The maximum atomic E-state index is 10.5. The molecular weight excluding hydrogens is 192 g/mol. The lowest BCUT2D eigenvalue weighted by molar-refractivity contribution is -0.0845. The monoisotopic (exact) mass is 212 g/mol. The lowest BCUT2D eigenvalue weighted by Crippen LogP contribution is -2.48. The summed E-state index contributed by atoms with van der Waals surface area (Å²) in [6.07, 6.45) is 1.59. The molecule has 0 aromatic carbocycles. The Labute approximate surface area is 90.8 Å². The van der Waals surface area contributed by atoms with Gasteiger partial charge in [-0.25, -0.2) is 0 Å². The highest BCUT2D eigenvalue weighted by atomic mass is 16.5. The summed E-state index contributed by atoms with van der Waals surface area (Å²) in [5, 5.41) is 20.7. The first-order chi connectivity index (χ1) is 6.97. The van der Waals surface area contributed by atoms with E-state index in [0.717, 1.165) is 5.57 Å². The fourth-order valence-electron chi connectivity index (χ4n) is 2.73. The van der Waals surface area contributed by atoms with Crippen molar-refractivity contribution in [2.24, 2.45) is 17.8 Å². The van der Waals surface area contributed by atoms with Gasteiger partial charge < -0.3 is 14.9 Å². The molecular formula is C12H20O3. The van der Waals surface area contributed by atoms with Gasteiger partial charge in [-0.3, -0.25) is 0 Å². The fourth-order valence-corrected chi connectivity index (χ4v) is 2.73. The molecule has 86 valence electrons. The average molecular weight is 212 g/mol. The van der Waals surface area contributed by atoms with Gasteiger partial charge in [-0.2, -0.15) is 0 Å². The van der Waals surface area contributed by atoms with E-state index in [9.17, 15) is 10.2 Å². The minimum Gasteiger partial charge on any atom is -0.392 e. The maximum Gasteiger partial charge on any atom is 0.101 e. The summed E-state index contributed by atoms with van der Waals surface area (Å²) in [5.41, 5.74) is 0.270. The Bertz CT molecular complexity index is 287. The van der Waals surface area contributed by atoms with Crippen molar-refractivity contribution in [3.05, 3.63) is 11.6 Å². The van der Waals surface area contributed by atoms with E-state index in [1.807, 2.05) is 20.8 Å². The van der Waals surface area contributed by atoms with Crippen molar-refractivity contribution >= 4 is 0 Å². The topological polar surface area (TPSA) is 49.7 Å². The number of rotatable bonds is 0. The van der Waals surface area contributed by atoms with Crippen LogP contribution in [0.25, 0.3) is 0 Å². The smallest absolute Gasteiger partial charge is 0.101 e. The number of hydrogen-bond donors (Lipinski definition) is 2. The highest BCUT2D eigenvalue weighted by Crippen LogP contribution is 2.41. The molecule has 0 aromatic rings. The van der Waals surface area contributed by atoms with Gasteiger partial charge in [0.1, 0.15) is 5.60 Å². The number of aliphatic hydroxyl groups is 2. The predicted molar refractivity (Wildman–Crippen MR) is 57.4 cm³/mol. The molecule has 0 spiro atoms. The zero-order valence-electron chi connectivity index (χ0n) is 9.60. The van der Waals surface area contributed by atoms with Crippen molar-refractivity contribution in [3.8, 4) is 0 Å². The molecule has 0 amide bonds. The maximum absolute atomic E-state index is 10.5. The zero-order valence-corrected chi connectivity index (χ0v) is 9.60. The molecule has 5 atom stereocenters. The first kappa shape index (κ1) is 11.1. The summed E-state index contributed by atoms with van der Waals surface area (Å²) in [4.78, 5) is 0. The fraction of sp³-hybridized carbons (Fsp3) is 0.833. The molecule has 3 heteroatoms. The van der Waals surface area contributed by atoms with E-state index in [4.69, 9.17) is 4.74 Å². The zero-order chi connectivity index (χ0) is 11.2. The van der Waals surface area contributed by atoms with Crippen molar-refractivity contribution < 1.29 is 14.9 Å². The summed E-state index contributed by atoms with van der Waals surface area (Å²) in [6.45, 7) is 6.85. The van der Waals surface area contributed by atoms with E-state index in [-0.39, 0.29) is 17.8 Å². The number of aliphatic hydroxyl groups excluding tert-OH is 1. The molecule has 2 N–H and O–H groups in total. The highest BCUT2D eigenvalue weighted by molar-refractivity contribution is 5.18. The summed E-state index contributed by atoms with van der Waals surface area (Å²) in [6, 6.07) is 0. The van der Waals surface area contributed by atoms with Crippen LogP contribution in [-0.2, 0) is 4.74 Å². The molecule has 0 bridgehead atoms. The molecule has 0 aromatic heterocycles. The molecule has 2 aliphatic rings. The van der Waals surface area contributed by atoms with Crippen LogP contribution in [0.5, 0.6) is 0 Å². The van der Waals surface area contributed by atoms with Crippen LogP contribution in [0.4, 0.5) is 0 Å². The van der Waals surface area contributed by atoms with Gasteiger partial charge in [0.2, 0.25) is 0 Å². The Kier molecular flexibility index (Phi) is 2.65. The van der Waals surface area contributed by atoms with Gasteiger partial charge in [0, 0.05) is 17.8 Å². The van der Waals surface area contributed by atoms with Crippen LogP contribution in [0.15, 0.2) is 11.6 Å². The van der Waals surface area contributed by atoms with Crippen LogP contribution in [0.3, 0.4) is 0 Å². The Morgan fingerprint density at radius 1 is 1.47 bits per heavy atom. The van der Waals surface area contributed by atoms with E-state index in [0.29, 0.717) is 13.2 Å². The van der Waals surface area contributed by atoms with Gasteiger partial charge in [-0.15, -0.1) is 0 Å². The minimum absolute atomic E-state index is 0.0344. The number of fused-ring (bicyclic) bond motifs is 1. The number of hydrogen-bond acceptors (Lipinski definition) is 3. The largest absolute Gasteiger partial charge is 0.392 e. The number of ether oxygens (including phenoxy) is 1. The normalized spacial score (nSPS) is 50.9. The van der Waals surface area contributed by atoms with Gasteiger partial charge in [0.05, 0.1) is 19.3 Å². The van der Waals surface area contributed by atoms with Crippen LogP contribution in [-0.4, -0.2) is 35.1 Å². The van der Waals surface area contributed by atoms with Crippen LogP contribution in [0, 0.1) is 17.8 Å². The Balaban J connectivity index is 2.39. The van der Waals surface area contributed by atoms with Crippen LogP contribution >= 0.6 is 0 Å². The van der Waals surface area contributed by atoms with Crippen LogP contribution < -0.4 is 0 Å². The molecule has 1 saturated heterocycles. The lowest BCUT2D eigenvalue weighted by atomic mass is 9.77. The van der Waals surface area contributed by atoms with Gasteiger partial charge in [-0.1, -0.05) is 25.5 Å². The highest BCUT2D eigenvalue weighted by Gasteiger charge is 2.50. The minimum atomic E-state index is -0.883. The third-order valence-electron chi connectivity index (χ3n) is 4.27. The Hall–Kier alpha value is -0.380. The molecule has 3 nitrogen and oxygen atoms in total. The molecule has 1 fully saturated rings. The van der Waals surface area contributed by atoms with E-state index >= 15 is 0 Å². The van der Waals surface area contributed by atoms with E-state index < -0.39 is 11.7 Å². The Morgan fingerprint density at radius 3 is 2.80 bits per heavy atom. The first-order valence-electron chi connectivity index (χ1n) is 5.63. The first-order valence-corrected chi connectivity index (χ1v) is 5.63. The molecule has 0 unspecified atom stereocenters. The van der Waals surface area contributed by atoms with Gasteiger partial charge in [0.15, 0.2) is 0 Å². The van der Waals surface area contributed by atoms with Crippen molar-refractivity contribution in [2.75, 3.05) is 13.2 Å². The predicted octanol–water partition coefficient (Wildman–Crippen LogP) is 0.957. The summed E-state index contributed by atoms with van der Waals surface area (Å²) < 4.78 is 5.35. The summed E-state index contributed by atoms with van der Waals surface area (Å²) in [7, 11) is 0. The molecule has 1 aliphatic carbocycles. The molecule has 1 heterocycles. The molecule has 2 rings (SSSR count). The second kappa shape index (κ2) is 3.58. The average Bonchev–Trinajstić information content (AvgIpc) is 2.55. The van der Waals surface area contributed by atoms with Crippen molar-refractivity contribution in [3.63, 3.8) is 0 Å². The quantitative estimate of drug-likeness (QED) is 0.588. The van der Waals surface area contributed by atoms with Gasteiger partial charge in [0.25, 0.3) is 0 Å². The Morgan fingerprint density at radius 2 is 2.13 bits per heavy atom. The second-order valence-electron chi connectivity index (χ2n) is 5.09. The van der Waals surface area contributed by atoms with Crippen molar-refractivity contribution in [2.45, 2.75) is 32.5 Å². The van der Waals surface area contributed by atoms with E-state index in [1.165, 1.54) is 0 Å². The summed E-state index contributed by atoms with van der Waals surface area (Å²) >= 11 is 0. The second-order valence-corrected chi connectivity index (χ2v) is 5.09. The van der Waals surface area contributed by atoms with E-state index in [2.05, 4.69) is 6.08 Å².